The van der Waals surface area contributed by atoms with E-state index in [9.17, 15) is 9.59 Å². The Balaban J connectivity index is 2.69. The van der Waals surface area contributed by atoms with Crippen molar-refractivity contribution in [1.82, 2.24) is 5.32 Å². The molecule has 0 aliphatic rings. The van der Waals surface area contributed by atoms with Gasteiger partial charge in [0.05, 0.1) is 5.56 Å². The number of thiophene rings is 1. The van der Waals surface area contributed by atoms with Crippen molar-refractivity contribution < 1.29 is 14.7 Å². The fourth-order valence-corrected chi connectivity index (χ4v) is 2.20. The van der Waals surface area contributed by atoms with Crippen molar-refractivity contribution in [1.29, 1.82) is 0 Å². The van der Waals surface area contributed by atoms with Gasteiger partial charge < -0.3 is 10.4 Å². The molecule has 0 aromatic carbocycles. The van der Waals surface area contributed by atoms with E-state index in [1.807, 2.05) is 19.2 Å². The zero-order valence-electron chi connectivity index (χ0n) is 9.32. The third-order valence-electron chi connectivity index (χ3n) is 2.28. The van der Waals surface area contributed by atoms with Gasteiger partial charge in [0.15, 0.2) is 0 Å². The summed E-state index contributed by atoms with van der Waals surface area (Å²) in [5.41, 5.74) is 1.44. The topological polar surface area (TPSA) is 66.4 Å². The second kappa shape index (κ2) is 5.65. The molecule has 4 nitrogen and oxygen atoms in total. The van der Waals surface area contributed by atoms with Crippen LogP contribution in [-0.2, 0) is 4.79 Å². The summed E-state index contributed by atoms with van der Waals surface area (Å²) < 4.78 is 0. The van der Waals surface area contributed by atoms with Crippen LogP contribution in [0.2, 0.25) is 0 Å². The van der Waals surface area contributed by atoms with Gasteiger partial charge in [-0.2, -0.15) is 11.3 Å². The number of hydrogen-bond acceptors (Lipinski definition) is 3. The average Bonchev–Trinajstić information content (AvgIpc) is 2.63. The van der Waals surface area contributed by atoms with Crippen LogP contribution in [0.4, 0.5) is 0 Å². The summed E-state index contributed by atoms with van der Waals surface area (Å²) in [6, 6.07) is -0.795. The first-order chi connectivity index (χ1) is 7.56. The highest BCUT2D eigenvalue weighted by atomic mass is 32.1. The Morgan fingerprint density at radius 1 is 1.50 bits per heavy atom. The Bertz CT molecular complexity index is 386. The third-order valence-corrected chi connectivity index (χ3v) is 3.14. The quantitative estimate of drug-likeness (QED) is 0.829. The number of aryl methyl sites for hydroxylation is 1. The minimum absolute atomic E-state index is 0.306. The van der Waals surface area contributed by atoms with Gasteiger partial charge in [0.1, 0.15) is 6.04 Å². The molecule has 0 saturated heterocycles. The largest absolute Gasteiger partial charge is 0.480 e. The summed E-state index contributed by atoms with van der Waals surface area (Å²) in [5, 5.41) is 15.0. The summed E-state index contributed by atoms with van der Waals surface area (Å²) in [7, 11) is 0. The number of hydrogen-bond donors (Lipinski definition) is 2. The van der Waals surface area contributed by atoms with Crippen molar-refractivity contribution in [2.75, 3.05) is 0 Å². The number of carbonyl (C=O) groups excluding carboxylic acids is 1. The Morgan fingerprint density at radius 2 is 2.19 bits per heavy atom. The molecule has 16 heavy (non-hydrogen) atoms. The SMILES string of the molecule is CCCC(NC(=O)c1cscc1C)C(=O)O. The molecular formula is C11H15NO3S. The van der Waals surface area contributed by atoms with Crippen LogP contribution in [0.25, 0.3) is 0 Å². The predicted octanol–water partition coefficient (Wildman–Crippen LogP) is 2.04. The normalized spacial score (nSPS) is 12.1. The molecule has 5 heteroatoms. The number of rotatable bonds is 5. The zero-order chi connectivity index (χ0) is 12.1. The van der Waals surface area contributed by atoms with Gasteiger partial charge in [-0.25, -0.2) is 4.79 Å². The lowest BCUT2D eigenvalue weighted by Crippen LogP contribution is -2.40. The van der Waals surface area contributed by atoms with E-state index in [0.717, 1.165) is 12.0 Å². The van der Waals surface area contributed by atoms with Crippen molar-refractivity contribution in [2.45, 2.75) is 32.7 Å². The van der Waals surface area contributed by atoms with Crippen LogP contribution in [0.15, 0.2) is 10.8 Å². The van der Waals surface area contributed by atoms with Crippen molar-refractivity contribution in [2.24, 2.45) is 0 Å². The maximum absolute atomic E-state index is 11.7. The van der Waals surface area contributed by atoms with E-state index >= 15 is 0 Å². The molecule has 88 valence electrons. The van der Waals surface area contributed by atoms with Gasteiger partial charge in [0.2, 0.25) is 0 Å². The summed E-state index contributed by atoms with van der Waals surface area (Å²) in [5.74, 6) is -1.29. The minimum Gasteiger partial charge on any atom is -0.480 e. The molecule has 0 spiro atoms. The van der Waals surface area contributed by atoms with Gasteiger partial charge in [0, 0.05) is 5.38 Å². The predicted molar refractivity (Wildman–Crippen MR) is 62.9 cm³/mol. The molecule has 1 amide bonds. The molecule has 0 aliphatic heterocycles. The number of carboxylic acid groups (broad SMARTS) is 1. The molecular weight excluding hydrogens is 226 g/mol. The van der Waals surface area contributed by atoms with Crippen molar-refractivity contribution in [3.8, 4) is 0 Å². The van der Waals surface area contributed by atoms with E-state index in [4.69, 9.17) is 5.11 Å². The smallest absolute Gasteiger partial charge is 0.326 e. The highest BCUT2D eigenvalue weighted by Gasteiger charge is 2.20. The monoisotopic (exact) mass is 241 g/mol. The Hall–Kier alpha value is -1.36. The molecule has 1 rings (SSSR count). The molecule has 0 fully saturated rings. The maximum Gasteiger partial charge on any atom is 0.326 e. The Morgan fingerprint density at radius 3 is 2.62 bits per heavy atom. The van der Waals surface area contributed by atoms with E-state index in [2.05, 4.69) is 5.32 Å². The van der Waals surface area contributed by atoms with E-state index in [1.165, 1.54) is 11.3 Å². The third kappa shape index (κ3) is 3.06. The second-order valence-corrected chi connectivity index (χ2v) is 4.37. The lowest BCUT2D eigenvalue weighted by molar-refractivity contribution is -0.139. The van der Waals surface area contributed by atoms with Crippen LogP contribution in [0, 0.1) is 6.92 Å². The van der Waals surface area contributed by atoms with Crippen LogP contribution >= 0.6 is 11.3 Å². The van der Waals surface area contributed by atoms with E-state index in [1.54, 1.807) is 5.38 Å². The van der Waals surface area contributed by atoms with Crippen molar-refractivity contribution in [3.63, 3.8) is 0 Å². The molecule has 0 radical (unpaired) electrons. The van der Waals surface area contributed by atoms with Crippen molar-refractivity contribution >= 4 is 23.2 Å². The standard InChI is InChI=1S/C11H15NO3S/c1-3-4-9(11(14)15)12-10(13)8-6-16-5-7(8)2/h5-6,9H,3-4H2,1-2H3,(H,12,13)(H,14,15). The lowest BCUT2D eigenvalue weighted by Gasteiger charge is -2.13. The summed E-state index contributed by atoms with van der Waals surface area (Å²) in [6.07, 6.45) is 1.17. The second-order valence-electron chi connectivity index (χ2n) is 3.62. The first-order valence-electron chi connectivity index (χ1n) is 5.12. The summed E-state index contributed by atoms with van der Waals surface area (Å²) >= 11 is 1.44. The highest BCUT2D eigenvalue weighted by Crippen LogP contribution is 2.13. The summed E-state index contributed by atoms with van der Waals surface area (Å²) in [4.78, 5) is 22.6. The van der Waals surface area contributed by atoms with Gasteiger partial charge >= 0.3 is 5.97 Å². The van der Waals surface area contributed by atoms with Crippen LogP contribution < -0.4 is 5.32 Å². The van der Waals surface area contributed by atoms with E-state index in [-0.39, 0.29) is 5.91 Å². The summed E-state index contributed by atoms with van der Waals surface area (Å²) in [6.45, 7) is 3.72. The molecule has 1 unspecified atom stereocenters. The maximum atomic E-state index is 11.7. The van der Waals surface area contributed by atoms with Crippen LogP contribution in [0.3, 0.4) is 0 Å². The molecule has 0 aliphatic carbocycles. The molecule has 1 atom stereocenters. The Kier molecular flexibility index (Phi) is 4.49. The number of carboxylic acids is 1. The zero-order valence-corrected chi connectivity index (χ0v) is 10.1. The van der Waals surface area contributed by atoms with Crippen LogP contribution in [-0.4, -0.2) is 23.0 Å². The molecule has 1 heterocycles. The average molecular weight is 241 g/mol. The van der Waals surface area contributed by atoms with E-state index < -0.39 is 12.0 Å². The van der Waals surface area contributed by atoms with Gasteiger partial charge in [-0.15, -0.1) is 0 Å². The fraction of sp³-hybridized carbons (Fsp3) is 0.455. The number of amides is 1. The van der Waals surface area contributed by atoms with Gasteiger partial charge in [0.25, 0.3) is 5.91 Å². The van der Waals surface area contributed by atoms with Crippen LogP contribution in [0.1, 0.15) is 35.7 Å². The lowest BCUT2D eigenvalue weighted by atomic mass is 10.1. The molecule has 1 aromatic heterocycles. The van der Waals surface area contributed by atoms with Crippen LogP contribution in [0.5, 0.6) is 0 Å². The molecule has 1 aromatic rings. The fourth-order valence-electron chi connectivity index (χ4n) is 1.38. The number of nitrogens with one attached hydrogen (secondary N) is 1. The molecule has 0 bridgehead atoms. The van der Waals surface area contributed by atoms with Gasteiger partial charge in [-0.1, -0.05) is 13.3 Å². The van der Waals surface area contributed by atoms with E-state index in [0.29, 0.717) is 12.0 Å². The molecule has 0 saturated carbocycles. The number of carbonyl (C=O) groups is 2. The Labute approximate surface area is 98.3 Å². The first-order valence-corrected chi connectivity index (χ1v) is 6.07. The first kappa shape index (κ1) is 12.7. The minimum atomic E-state index is -0.983. The van der Waals surface area contributed by atoms with Gasteiger partial charge in [-0.3, -0.25) is 4.79 Å². The van der Waals surface area contributed by atoms with Crippen molar-refractivity contribution in [3.05, 3.63) is 21.9 Å². The number of aliphatic carboxylic acids is 1. The highest BCUT2D eigenvalue weighted by molar-refractivity contribution is 7.08. The van der Waals surface area contributed by atoms with Gasteiger partial charge in [-0.05, 0) is 24.3 Å². The molecule has 2 N–H and O–H groups in total.